The molecule has 1 rings (SSSR count). The number of nitrogens with one attached hydrogen (secondary N) is 2. The van der Waals surface area contributed by atoms with Crippen LogP contribution in [-0.4, -0.2) is 27.3 Å². The number of alkyl halides is 3. The Morgan fingerprint density at radius 3 is 2.45 bits per heavy atom. The fraction of sp³-hybridized carbons (Fsp3) is 0.455. The predicted octanol–water partition coefficient (Wildman–Crippen LogP) is 2.82. The van der Waals surface area contributed by atoms with Crippen molar-refractivity contribution in [3.8, 4) is 0 Å². The van der Waals surface area contributed by atoms with E-state index in [4.69, 9.17) is 0 Å². The lowest BCUT2D eigenvalue weighted by atomic mass is 10.2. The minimum absolute atomic E-state index is 0.0965. The van der Waals surface area contributed by atoms with Gasteiger partial charge in [-0.3, -0.25) is 0 Å². The molecule has 0 unspecified atom stereocenters. The molecule has 0 spiro atoms. The van der Waals surface area contributed by atoms with Crippen molar-refractivity contribution in [2.24, 2.45) is 0 Å². The molecular formula is C11H14BrF3N2O2S. The van der Waals surface area contributed by atoms with Crippen LogP contribution in [0.3, 0.4) is 0 Å². The van der Waals surface area contributed by atoms with Crippen molar-refractivity contribution in [3.63, 3.8) is 0 Å². The van der Waals surface area contributed by atoms with Gasteiger partial charge in [0.15, 0.2) is 0 Å². The van der Waals surface area contributed by atoms with Crippen LogP contribution in [-0.2, 0) is 16.2 Å². The van der Waals surface area contributed by atoms with E-state index in [9.17, 15) is 21.6 Å². The van der Waals surface area contributed by atoms with E-state index < -0.39 is 21.8 Å². The summed E-state index contributed by atoms with van der Waals surface area (Å²) in [5, 5.41) is 2.77. The summed E-state index contributed by atoms with van der Waals surface area (Å²) in [5.41, 5.74) is -0.361. The molecule has 9 heteroatoms. The van der Waals surface area contributed by atoms with Crippen molar-refractivity contribution >= 4 is 31.6 Å². The summed E-state index contributed by atoms with van der Waals surface area (Å²) in [4.78, 5) is 0. The lowest BCUT2D eigenvalue weighted by Crippen LogP contribution is -2.29. The molecule has 0 aromatic heterocycles. The largest absolute Gasteiger partial charge is 0.416 e. The minimum Gasteiger partial charge on any atom is -0.383 e. The van der Waals surface area contributed by atoms with Gasteiger partial charge in [0.1, 0.15) is 0 Å². The molecule has 0 atom stereocenters. The summed E-state index contributed by atoms with van der Waals surface area (Å²) in [7, 11) is -3.35. The van der Waals surface area contributed by atoms with Gasteiger partial charge in [-0.2, -0.15) is 13.2 Å². The molecule has 0 bridgehead atoms. The van der Waals surface area contributed by atoms with E-state index >= 15 is 0 Å². The van der Waals surface area contributed by atoms with Gasteiger partial charge in [-0.1, -0.05) is 6.92 Å². The molecule has 0 amide bonds. The quantitative estimate of drug-likeness (QED) is 0.804. The summed E-state index contributed by atoms with van der Waals surface area (Å²) < 4.78 is 62.7. The molecule has 0 saturated heterocycles. The maximum absolute atomic E-state index is 12.5. The van der Waals surface area contributed by atoms with Crippen molar-refractivity contribution in [1.82, 2.24) is 4.72 Å². The Morgan fingerprint density at radius 2 is 1.95 bits per heavy atom. The Hall–Kier alpha value is -0.800. The van der Waals surface area contributed by atoms with Crippen molar-refractivity contribution in [3.05, 3.63) is 28.2 Å². The molecule has 0 saturated carbocycles. The van der Waals surface area contributed by atoms with Crippen LogP contribution in [0.25, 0.3) is 0 Å². The van der Waals surface area contributed by atoms with Gasteiger partial charge in [0.05, 0.1) is 11.3 Å². The first kappa shape index (κ1) is 17.3. The molecule has 0 fully saturated rings. The highest BCUT2D eigenvalue weighted by Gasteiger charge is 2.30. The molecule has 0 radical (unpaired) electrons. The van der Waals surface area contributed by atoms with Gasteiger partial charge in [-0.15, -0.1) is 0 Å². The third-order valence-corrected chi connectivity index (χ3v) is 4.47. The summed E-state index contributed by atoms with van der Waals surface area (Å²) in [6.45, 7) is 2.06. The van der Waals surface area contributed by atoms with Crippen LogP contribution >= 0.6 is 15.9 Å². The van der Waals surface area contributed by atoms with Crippen molar-refractivity contribution in [2.45, 2.75) is 13.1 Å². The second-order valence-electron chi connectivity index (χ2n) is 3.94. The van der Waals surface area contributed by atoms with Crippen LogP contribution in [0.2, 0.25) is 0 Å². The van der Waals surface area contributed by atoms with Crippen molar-refractivity contribution in [1.29, 1.82) is 0 Å². The average molecular weight is 375 g/mol. The van der Waals surface area contributed by atoms with E-state index in [1.165, 1.54) is 6.07 Å². The highest BCUT2D eigenvalue weighted by atomic mass is 79.9. The third kappa shape index (κ3) is 5.29. The number of anilines is 1. The second-order valence-corrected chi connectivity index (χ2v) is 6.72. The van der Waals surface area contributed by atoms with E-state index in [0.717, 1.165) is 12.1 Å². The maximum Gasteiger partial charge on any atom is 0.416 e. The van der Waals surface area contributed by atoms with Gasteiger partial charge < -0.3 is 5.32 Å². The normalized spacial score (nSPS) is 12.4. The SMILES string of the molecule is CCNS(=O)(=O)CCNc1ccc(C(F)(F)F)cc1Br. The molecule has 4 nitrogen and oxygen atoms in total. The lowest BCUT2D eigenvalue weighted by Gasteiger charge is -2.12. The summed E-state index contributed by atoms with van der Waals surface area (Å²) in [6, 6.07) is 3.14. The first-order valence-electron chi connectivity index (χ1n) is 5.73. The number of sulfonamides is 1. The van der Waals surface area contributed by atoms with Gasteiger partial charge in [0.25, 0.3) is 0 Å². The Bertz CT molecular complexity index is 561. The number of rotatable bonds is 6. The molecule has 0 aliphatic heterocycles. The third-order valence-electron chi connectivity index (χ3n) is 2.35. The first-order valence-corrected chi connectivity index (χ1v) is 8.18. The molecule has 114 valence electrons. The van der Waals surface area contributed by atoms with Gasteiger partial charge in [-0.25, -0.2) is 13.1 Å². The van der Waals surface area contributed by atoms with E-state index in [-0.39, 0.29) is 16.8 Å². The molecule has 0 heterocycles. The highest BCUT2D eigenvalue weighted by molar-refractivity contribution is 9.10. The molecule has 1 aromatic rings. The van der Waals surface area contributed by atoms with E-state index in [0.29, 0.717) is 12.2 Å². The van der Waals surface area contributed by atoms with Crippen molar-refractivity contribution < 1.29 is 21.6 Å². The van der Waals surface area contributed by atoms with Gasteiger partial charge >= 0.3 is 6.18 Å². The van der Waals surface area contributed by atoms with E-state index in [1.54, 1.807) is 6.92 Å². The topological polar surface area (TPSA) is 58.2 Å². The molecular weight excluding hydrogens is 361 g/mol. The number of benzene rings is 1. The summed E-state index contributed by atoms with van der Waals surface area (Å²) in [6.07, 6.45) is -4.41. The predicted molar refractivity (Wildman–Crippen MR) is 75.1 cm³/mol. The Labute approximate surface area is 123 Å². The molecule has 2 N–H and O–H groups in total. The van der Waals surface area contributed by atoms with Gasteiger partial charge in [0, 0.05) is 23.2 Å². The van der Waals surface area contributed by atoms with Crippen LogP contribution in [0.4, 0.5) is 18.9 Å². The standard InChI is InChI=1S/C11H14BrF3N2O2S/c1-2-17-20(18,19)6-5-16-10-4-3-8(7-9(10)12)11(13,14)15/h3-4,7,16-17H,2,5-6H2,1H3. The van der Waals surface area contributed by atoms with Crippen LogP contribution in [0.15, 0.2) is 22.7 Å². The van der Waals surface area contributed by atoms with Crippen LogP contribution in [0.1, 0.15) is 12.5 Å². The molecule has 0 aliphatic carbocycles. The second kappa shape index (κ2) is 6.77. The Balaban J connectivity index is 2.67. The minimum atomic E-state index is -4.41. The zero-order valence-electron chi connectivity index (χ0n) is 10.6. The molecule has 1 aromatic carbocycles. The zero-order chi connectivity index (χ0) is 15.4. The molecule has 20 heavy (non-hydrogen) atoms. The fourth-order valence-corrected chi connectivity index (χ4v) is 2.92. The van der Waals surface area contributed by atoms with Gasteiger partial charge in [-0.05, 0) is 34.1 Å². The monoisotopic (exact) mass is 374 g/mol. The first-order chi connectivity index (χ1) is 9.15. The number of hydrogen-bond donors (Lipinski definition) is 2. The van der Waals surface area contributed by atoms with Crippen molar-refractivity contribution in [2.75, 3.05) is 24.2 Å². The number of halogens is 4. The van der Waals surface area contributed by atoms with Crippen LogP contribution in [0, 0.1) is 0 Å². The Kier molecular flexibility index (Phi) is 5.84. The lowest BCUT2D eigenvalue weighted by molar-refractivity contribution is -0.137. The average Bonchev–Trinajstić information content (AvgIpc) is 2.29. The van der Waals surface area contributed by atoms with E-state index in [1.807, 2.05) is 0 Å². The summed E-state index contributed by atoms with van der Waals surface area (Å²) in [5.74, 6) is -0.158. The fourth-order valence-electron chi connectivity index (χ4n) is 1.45. The highest BCUT2D eigenvalue weighted by Crippen LogP contribution is 2.33. The smallest absolute Gasteiger partial charge is 0.383 e. The van der Waals surface area contributed by atoms with E-state index in [2.05, 4.69) is 26.0 Å². The number of hydrogen-bond acceptors (Lipinski definition) is 3. The van der Waals surface area contributed by atoms with Gasteiger partial charge in [0.2, 0.25) is 10.0 Å². The van der Waals surface area contributed by atoms with Crippen LogP contribution in [0.5, 0.6) is 0 Å². The zero-order valence-corrected chi connectivity index (χ0v) is 13.0. The Morgan fingerprint density at radius 1 is 1.30 bits per heavy atom. The van der Waals surface area contributed by atoms with Crippen LogP contribution < -0.4 is 10.0 Å². The summed E-state index contributed by atoms with van der Waals surface area (Å²) >= 11 is 3.02. The maximum atomic E-state index is 12.5. The molecule has 0 aliphatic rings.